The molecular weight excluding hydrogens is 465 g/mol. The Morgan fingerprint density at radius 1 is 0.800 bits per heavy atom. The van der Waals surface area contributed by atoms with Crippen molar-refractivity contribution in [3.8, 4) is 0 Å². The largest absolute Gasteiger partial charge is 0.469 e. The maximum atomic E-state index is 13.0. The van der Waals surface area contributed by atoms with E-state index >= 15 is 0 Å². The summed E-state index contributed by atoms with van der Waals surface area (Å²) in [5, 5.41) is 2.66. The molecule has 1 amide bonds. The van der Waals surface area contributed by atoms with Crippen molar-refractivity contribution in [3.63, 3.8) is 0 Å². The molecule has 0 radical (unpaired) electrons. The maximum absolute atomic E-state index is 13.0. The third-order valence-corrected chi connectivity index (χ3v) is 6.68. The predicted molar refractivity (Wildman–Crippen MR) is 134 cm³/mol. The van der Waals surface area contributed by atoms with Crippen molar-refractivity contribution in [1.29, 1.82) is 0 Å². The van der Waals surface area contributed by atoms with Gasteiger partial charge in [0, 0.05) is 12.6 Å². The molecule has 0 spiro atoms. The highest BCUT2D eigenvalue weighted by molar-refractivity contribution is 7.39. The van der Waals surface area contributed by atoms with Crippen LogP contribution < -0.4 is 5.32 Å². The number of hydrogen-bond acceptors (Lipinski definition) is 6. The van der Waals surface area contributed by atoms with Gasteiger partial charge in [0.05, 0.1) is 13.0 Å². The van der Waals surface area contributed by atoms with Crippen molar-refractivity contribution < 1.29 is 28.2 Å². The first-order chi connectivity index (χ1) is 17.0. The van der Waals surface area contributed by atoms with Crippen LogP contribution in [-0.2, 0) is 42.8 Å². The highest BCUT2D eigenvalue weighted by Crippen LogP contribution is 2.30. The molecule has 1 N–H and O–H groups in total. The normalized spacial score (nSPS) is 13.3. The molecular formula is C27H30NO6P. The lowest BCUT2D eigenvalue weighted by atomic mass is 10.0. The topological polar surface area (TPSA) is 90.9 Å². The Morgan fingerprint density at radius 2 is 1.31 bits per heavy atom. The Bertz CT molecular complexity index is 1080. The number of hydrogen-bond donors (Lipinski definition) is 1. The lowest BCUT2D eigenvalue weighted by Gasteiger charge is -2.21. The van der Waals surface area contributed by atoms with Crippen LogP contribution in [0.15, 0.2) is 91.0 Å². The van der Waals surface area contributed by atoms with Gasteiger partial charge in [0.25, 0.3) is 0 Å². The molecule has 0 fully saturated rings. The predicted octanol–water partition coefficient (Wildman–Crippen LogP) is 5.00. The second kappa shape index (κ2) is 14.1. The van der Waals surface area contributed by atoms with Gasteiger partial charge < -0.3 is 14.0 Å². The number of esters is 1. The van der Waals surface area contributed by atoms with E-state index in [0.29, 0.717) is 12.8 Å². The molecule has 3 aromatic rings. The monoisotopic (exact) mass is 495 g/mol. The molecule has 0 heterocycles. The number of carbonyl (C=O) groups excluding carboxylic acids is 2. The lowest BCUT2D eigenvalue weighted by Crippen LogP contribution is -2.38. The van der Waals surface area contributed by atoms with Gasteiger partial charge in [-0.15, -0.1) is 0 Å². The van der Waals surface area contributed by atoms with Gasteiger partial charge in [-0.3, -0.25) is 14.7 Å². The van der Waals surface area contributed by atoms with E-state index in [1.807, 2.05) is 91.0 Å². The average molecular weight is 496 g/mol. The van der Waals surface area contributed by atoms with Gasteiger partial charge in [-0.2, -0.15) is 0 Å². The molecule has 35 heavy (non-hydrogen) atoms. The number of methoxy groups -OCH3 is 1. The molecule has 0 bridgehead atoms. The summed E-state index contributed by atoms with van der Waals surface area (Å²) in [7, 11) is -1.41. The molecule has 0 aliphatic rings. The van der Waals surface area contributed by atoms with Crippen LogP contribution in [0.25, 0.3) is 0 Å². The van der Waals surface area contributed by atoms with Crippen LogP contribution in [0.2, 0.25) is 0 Å². The van der Waals surface area contributed by atoms with E-state index in [-0.39, 0.29) is 12.8 Å². The van der Waals surface area contributed by atoms with E-state index in [1.165, 1.54) is 7.11 Å². The van der Waals surface area contributed by atoms with E-state index in [0.717, 1.165) is 16.7 Å². The molecule has 3 rings (SSSR count). The zero-order valence-electron chi connectivity index (χ0n) is 19.6. The summed E-state index contributed by atoms with van der Waals surface area (Å²) in [4.78, 5) is 24.8. The number of ether oxygens (including phenoxy) is 2. The van der Waals surface area contributed by atoms with Crippen LogP contribution >= 0.6 is 8.03 Å². The summed E-state index contributed by atoms with van der Waals surface area (Å²) in [5.74, 6) is -1.08. The highest BCUT2D eigenvalue weighted by atomic mass is 31.1. The zero-order valence-corrected chi connectivity index (χ0v) is 20.6. The fourth-order valence-electron chi connectivity index (χ4n) is 3.56. The van der Waals surface area contributed by atoms with Crippen LogP contribution in [0.1, 0.15) is 16.7 Å². The fourth-order valence-corrected chi connectivity index (χ4v) is 4.83. The second-order valence-corrected chi connectivity index (χ2v) is 9.38. The average Bonchev–Trinajstić information content (AvgIpc) is 2.88. The van der Waals surface area contributed by atoms with Crippen molar-refractivity contribution >= 4 is 20.1 Å². The summed E-state index contributed by atoms with van der Waals surface area (Å²) < 4.78 is 29.0. The maximum Gasteiger partial charge on any atom is 0.409 e. The van der Waals surface area contributed by atoms with E-state index < -0.39 is 32.2 Å². The number of alkyl carbamates (subject to hydrolysis) is 1. The summed E-state index contributed by atoms with van der Waals surface area (Å²) in [6.45, 7) is 0.0986. The van der Waals surface area contributed by atoms with Crippen molar-refractivity contribution in [2.45, 2.75) is 25.7 Å². The minimum atomic E-state index is -2.71. The first-order valence-electron chi connectivity index (χ1n) is 11.4. The first-order valence-corrected chi connectivity index (χ1v) is 12.9. The Hall–Kier alpha value is -3.41. The van der Waals surface area contributed by atoms with Gasteiger partial charge in [0.1, 0.15) is 12.8 Å². The molecule has 3 aromatic carbocycles. The molecule has 0 aromatic heterocycles. The molecule has 0 aliphatic carbocycles. The van der Waals surface area contributed by atoms with E-state index in [4.69, 9.17) is 14.0 Å². The lowest BCUT2D eigenvalue weighted by molar-refractivity contribution is -0.144. The van der Waals surface area contributed by atoms with Crippen molar-refractivity contribution in [2.75, 3.05) is 13.3 Å². The Balaban J connectivity index is 1.63. The molecule has 0 aliphatic heterocycles. The smallest absolute Gasteiger partial charge is 0.409 e. The van der Waals surface area contributed by atoms with Crippen LogP contribution in [0.5, 0.6) is 0 Å². The summed E-state index contributed by atoms with van der Waals surface area (Å²) in [5.41, 5.74) is 2.67. The van der Waals surface area contributed by atoms with Crippen LogP contribution in [0.3, 0.4) is 0 Å². The third-order valence-electron chi connectivity index (χ3n) is 5.30. The molecule has 8 heteroatoms. The molecule has 0 saturated heterocycles. The Morgan fingerprint density at radius 3 is 1.86 bits per heavy atom. The van der Waals surface area contributed by atoms with Crippen molar-refractivity contribution in [2.24, 2.45) is 5.92 Å². The van der Waals surface area contributed by atoms with Gasteiger partial charge in [0.2, 0.25) is 0 Å². The van der Waals surface area contributed by atoms with Gasteiger partial charge >= 0.3 is 12.1 Å². The quantitative estimate of drug-likeness (QED) is 0.216. The van der Waals surface area contributed by atoms with Crippen LogP contribution in [-0.4, -0.2) is 31.6 Å². The first kappa shape index (κ1) is 26.2. The van der Waals surface area contributed by atoms with Crippen LogP contribution in [0.4, 0.5) is 4.79 Å². The Kier molecular flexibility index (Phi) is 10.6. The fraction of sp³-hybridized carbons (Fsp3) is 0.259. The van der Waals surface area contributed by atoms with Gasteiger partial charge in [-0.05, 0) is 23.1 Å². The molecule has 3 atom stereocenters. The summed E-state index contributed by atoms with van der Waals surface area (Å²) in [6.07, 6.45) is -0.902. The van der Waals surface area contributed by atoms with Gasteiger partial charge in [-0.25, -0.2) is 4.79 Å². The SMILES string of the molecule is COC(=O)C(Cc1ccccc1)C[PH](=O)OC(Cc1ccccc1)NC(=O)OCc1ccccc1. The summed E-state index contributed by atoms with van der Waals surface area (Å²) >= 11 is 0. The number of amides is 1. The van der Waals surface area contributed by atoms with E-state index in [1.54, 1.807) is 0 Å². The molecule has 184 valence electrons. The zero-order chi connectivity index (χ0) is 24.9. The summed E-state index contributed by atoms with van der Waals surface area (Å²) in [6, 6.07) is 28.1. The Labute approximate surface area is 206 Å². The van der Waals surface area contributed by atoms with Gasteiger partial charge in [0.15, 0.2) is 8.03 Å². The number of nitrogens with one attached hydrogen (secondary N) is 1. The third kappa shape index (κ3) is 9.39. The van der Waals surface area contributed by atoms with Crippen LogP contribution in [0, 0.1) is 5.92 Å². The van der Waals surface area contributed by atoms with Crippen molar-refractivity contribution in [3.05, 3.63) is 108 Å². The molecule has 0 saturated carbocycles. The molecule has 3 unspecified atom stereocenters. The minimum absolute atomic E-state index is 0.00172. The number of benzene rings is 3. The van der Waals surface area contributed by atoms with Crippen molar-refractivity contribution in [1.82, 2.24) is 5.32 Å². The van der Waals surface area contributed by atoms with Gasteiger partial charge in [-0.1, -0.05) is 91.0 Å². The molecule has 7 nitrogen and oxygen atoms in total. The standard InChI is InChI=1S/C27H30NO6P/c1-32-26(29)24(17-21-11-5-2-6-12-21)20-35(31)34-25(18-22-13-7-3-8-14-22)28-27(30)33-19-23-15-9-4-10-16-23/h2-16,24-25,35H,17-20H2,1H3,(H,28,30). The highest BCUT2D eigenvalue weighted by Gasteiger charge is 2.25. The second-order valence-electron chi connectivity index (χ2n) is 7.99. The minimum Gasteiger partial charge on any atom is -0.469 e. The van der Waals surface area contributed by atoms with E-state index in [2.05, 4.69) is 5.32 Å². The number of rotatable bonds is 12. The number of carbonyl (C=O) groups is 2. The van der Waals surface area contributed by atoms with E-state index in [9.17, 15) is 14.2 Å².